The number of carbonyl (C=O) groups is 1. The minimum absolute atomic E-state index is 0.00569. The molecule has 2 saturated heterocycles. The predicted octanol–water partition coefficient (Wildman–Crippen LogP) is 0.956. The number of aliphatic hydroxyl groups is 1. The molecule has 2 N–H and O–H groups in total. The van der Waals surface area contributed by atoms with E-state index in [1.807, 2.05) is 30.3 Å². The molecule has 2 fully saturated rings. The van der Waals surface area contributed by atoms with Gasteiger partial charge in [0, 0.05) is 30.8 Å². The number of nitrogens with zero attached hydrogens (tertiary/aromatic N) is 1. The molecular formula is C16H22N2O3. The van der Waals surface area contributed by atoms with Crippen molar-refractivity contribution in [2.75, 3.05) is 44.8 Å². The Morgan fingerprint density at radius 3 is 2.95 bits per heavy atom. The second-order valence-electron chi connectivity index (χ2n) is 6.14. The summed E-state index contributed by atoms with van der Waals surface area (Å²) in [5.74, 6) is 0.426. The molecule has 0 spiro atoms. The first-order valence-electron chi connectivity index (χ1n) is 7.48. The van der Waals surface area contributed by atoms with E-state index in [1.54, 1.807) is 0 Å². The largest absolute Gasteiger partial charge is 0.396 e. The van der Waals surface area contributed by atoms with E-state index < -0.39 is 0 Å². The van der Waals surface area contributed by atoms with Gasteiger partial charge in [-0.3, -0.25) is 9.69 Å². The Kier molecular flexibility index (Phi) is 4.24. The van der Waals surface area contributed by atoms with Crippen LogP contribution in [0.15, 0.2) is 30.3 Å². The van der Waals surface area contributed by atoms with Crippen molar-refractivity contribution in [1.82, 2.24) is 4.90 Å². The molecule has 2 atom stereocenters. The molecule has 2 aliphatic rings. The van der Waals surface area contributed by atoms with Crippen LogP contribution in [0, 0.1) is 11.3 Å². The first kappa shape index (κ1) is 14.5. The van der Waals surface area contributed by atoms with Gasteiger partial charge in [0.15, 0.2) is 0 Å². The number of likely N-dealkylation sites (tertiary alicyclic amines) is 1. The van der Waals surface area contributed by atoms with Crippen molar-refractivity contribution in [1.29, 1.82) is 0 Å². The molecule has 5 nitrogen and oxygen atoms in total. The van der Waals surface area contributed by atoms with Crippen LogP contribution >= 0.6 is 0 Å². The number of ether oxygens (including phenoxy) is 1. The summed E-state index contributed by atoms with van der Waals surface area (Å²) in [5, 5.41) is 12.6. The van der Waals surface area contributed by atoms with E-state index in [9.17, 15) is 9.90 Å². The quantitative estimate of drug-likeness (QED) is 0.867. The van der Waals surface area contributed by atoms with Gasteiger partial charge in [-0.25, -0.2) is 0 Å². The van der Waals surface area contributed by atoms with Crippen molar-refractivity contribution in [2.24, 2.45) is 11.3 Å². The number of para-hydroxylation sites is 1. The zero-order valence-electron chi connectivity index (χ0n) is 12.1. The monoisotopic (exact) mass is 290 g/mol. The zero-order chi connectivity index (χ0) is 14.7. The van der Waals surface area contributed by atoms with Crippen LogP contribution in [0.5, 0.6) is 0 Å². The summed E-state index contributed by atoms with van der Waals surface area (Å²) in [6, 6.07) is 9.48. The number of amides is 1. The highest BCUT2D eigenvalue weighted by Crippen LogP contribution is 2.40. The minimum atomic E-state index is -0.175. The lowest BCUT2D eigenvalue weighted by Gasteiger charge is -2.36. The van der Waals surface area contributed by atoms with Crippen LogP contribution in [0.3, 0.4) is 0 Å². The minimum Gasteiger partial charge on any atom is -0.396 e. The molecule has 114 valence electrons. The van der Waals surface area contributed by atoms with E-state index in [0.29, 0.717) is 19.1 Å². The van der Waals surface area contributed by atoms with Gasteiger partial charge >= 0.3 is 0 Å². The lowest BCUT2D eigenvalue weighted by molar-refractivity contribution is -0.117. The van der Waals surface area contributed by atoms with E-state index >= 15 is 0 Å². The highest BCUT2D eigenvalue weighted by atomic mass is 16.5. The third kappa shape index (κ3) is 3.10. The topological polar surface area (TPSA) is 61.8 Å². The maximum atomic E-state index is 12.1. The lowest BCUT2D eigenvalue weighted by atomic mass is 9.76. The molecule has 0 saturated carbocycles. The fourth-order valence-corrected chi connectivity index (χ4v) is 3.48. The number of fused-ring (bicyclic) bond motifs is 1. The van der Waals surface area contributed by atoms with E-state index in [0.717, 1.165) is 31.8 Å². The first-order valence-corrected chi connectivity index (χ1v) is 7.48. The van der Waals surface area contributed by atoms with Gasteiger partial charge in [0.05, 0.1) is 19.8 Å². The van der Waals surface area contributed by atoms with Crippen molar-refractivity contribution in [3.63, 3.8) is 0 Å². The first-order chi connectivity index (χ1) is 10.2. The number of hydrogen-bond acceptors (Lipinski definition) is 4. The maximum absolute atomic E-state index is 12.1. The molecule has 0 aromatic heterocycles. The summed E-state index contributed by atoms with van der Waals surface area (Å²) in [4.78, 5) is 14.3. The molecule has 5 heteroatoms. The molecule has 0 aliphatic carbocycles. The second-order valence-corrected chi connectivity index (χ2v) is 6.14. The average molecular weight is 290 g/mol. The molecular weight excluding hydrogens is 268 g/mol. The van der Waals surface area contributed by atoms with Crippen molar-refractivity contribution in [3.05, 3.63) is 30.3 Å². The summed E-state index contributed by atoms with van der Waals surface area (Å²) in [6.45, 7) is 3.46. The molecule has 21 heavy (non-hydrogen) atoms. The smallest absolute Gasteiger partial charge is 0.238 e. The van der Waals surface area contributed by atoms with Gasteiger partial charge in [0.25, 0.3) is 0 Å². The van der Waals surface area contributed by atoms with Crippen LogP contribution < -0.4 is 5.32 Å². The Bertz CT molecular complexity index is 494. The number of carbonyl (C=O) groups excluding carboxylic acids is 1. The summed E-state index contributed by atoms with van der Waals surface area (Å²) >= 11 is 0. The fraction of sp³-hybridized carbons (Fsp3) is 0.562. The highest BCUT2D eigenvalue weighted by molar-refractivity contribution is 5.92. The second kappa shape index (κ2) is 6.13. The number of aliphatic hydroxyl groups excluding tert-OH is 1. The van der Waals surface area contributed by atoms with Gasteiger partial charge in [-0.15, -0.1) is 0 Å². The van der Waals surface area contributed by atoms with E-state index in [2.05, 4.69) is 10.2 Å². The third-order valence-corrected chi connectivity index (χ3v) is 4.62. The van der Waals surface area contributed by atoms with Crippen LogP contribution in [0.25, 0.3) is 0 Å². The van der Waals surface area contributed by atoms with Crippen LogP contribution in [0.4, 0.5) is 5.69 Å². The summed E-state index contributed by atoms with van der Waals surface area (Å²) < 4.78 is 5.54. The molecule has 1 amide bonds. The molecule has 2 aliphatic heterocycles. The number of rotatable bonds is 4. The zero-order valence-corrected chi connectivity index (χ0v) is 12.1. The normalized spacial score (nSPS) is 29.1. The van der Waals surface area contributed by atoms with Crippen molar-refractivity contribution in [3.8, 4) is 0 Å². The van der Waals surface area contributed by atoms with Crippen LogP contribution in [-0.2, 0) is 9.53 Å². The van der Waals surface area contributed by atoms with Crippen molar-refractivity contribution < 1.29 is 14.6 Å². The Morgan fingerprint density at radius 2 is 2.24 bits per heavy atom. The van der Waals surface area contributed by atoms with E-state index in [1.165, 1.54) is 0 Å². The number of anilines is 1. The van der Waals surface area contributed by atoms with E-state index in [4.69, 9.17) is 4.74 Å². The Balaban J connectivity index is 1.58. The highest BCUT2D eigenvalue weighted by Gasteiger charge is 2.48. The number of hydrogen-bond donors (Lipinski definition) is 2. The van der Waals surface area contributed by atoms with Crippen molar-refractivity contribution in [2.45, 2.75) is 6.42 Å². The number of benzene rings is 1. The Hall–Kier alpha value is -1.43. The molecule has 1 aromatic carbocycles. The van der Waals surface area contributed by atoms with Gasteiger partial charge in [-0.1, -0.05) is 18.2 Å². The van der Waals surface area contributed by atoms with E-state index in [-0.39, 0.29) is 17.9 Å². The summed E-state index contributed by atoms with van der Waals surface area (Å²) in [7, 11) is 0. The van der Waals surface area contributed by atoms with Gasteiger partial charge in [0.2, 0.25) is 5.91 Å². The lowest BCUT2D eigenvalue weighted by Crippen LogP contribution is -2.43. The molecule has 0 radical (unpaired) electrons. The van der Waals surface area contributed by atoms with Crippen LogP contribution in [-0.4, -0.2) is 55.4 Å². The van der Waals surface area contributed by atoms with Gasteiger partial charge in [-0.2, -0.15) is 0 Å². The van der Waals surface area contributed by atoms with Gasteiger partial charge in [0.1, 0.15) is 0 Å². The third-order valence-electron chi connectivity index (χ3n) is 4.62. The molecule has 1 aromatic rings. The molecule has 2 heterocycles. The van der Waals surface area contributed by atoms with Crippen LogP contribution in [0.1, 0.15) is 6.42 Å². The molecule has 0 unspecified atom stereocenters. The fourth-order valence-electron chi connectivity index (χ4n) is 3.48. The average Bonchev–Trinajstić information content (AvgIpc) is 2.86. The summed E-state index contributed by atoms with van der Waals surface area (Å²) in [6.07, 6.45) is 0.970. The predicted molar refractivity (Wildman–Crippen MR) is 80.0 cm³/mol. The molecule has 3 rings (SSSR count). The molecule has 0 bridgehead atoms. The Labute approximate surface area is 124 Å². The van der Waals surface area contributed by atoms with Crippen LogP contribution in [0.2, 0.25) is 0 Å². The standard InChI is InChI=1S/C16H22N2O3/c19-11-16-10-18(8-13(16)6-7-21-12-16)9-15(20)17-14-4-2-1-3-5-14/h1-5,13,19H,6-12H2,(H,17,20)/t13-,16+/m0/s1. The van der Waals surface area contributed by atoms with Gasteiger partial charge in [-0.05, 0) is 24.5 Å². The van der Waals surface area contributed by atoms with Crippen molar-refractivity contribution >= 4 is 11.6 Å². The SMILES string of the molecule is O=C(CN1C[C@@H]2CCOC[C@]2(CO)C1)Nc1ccccc1. The summed E-state index contributed by atoms with van der Waals surface area (Å²) in [5.41, 5.74) is 0.643. The Morgan fingerprint density at radius 1 is 1.43 bits per heavy atom. The van der Waals surface area contributed by atoms with Gasteiger partial charge < -0.3 is 15.2 Å². The maximum Gasteiger partial charge on any atom is 0.238 e. The number of nitrogens with one attached hydrogen (secondary N) is 1.